The number of urea groups is 1. The summed E-state index contributed by atoms with van der Waals surface area (Å²) in [5.74, 6) is 0.559. The number of nitrogens with one attached hydrogen (secondary N) is 2. The van der Waals surface area contributed by atoms with Crippen LogP contribution in [0.25, 0.3) is 0 Å². The summed E-state index contributed by atoms with van der Waals surface area (Å²) >= 11 is 0. The predicted molar refractivity (Wildman–Crippen MR) is 59.9 cm³/mol. The van der Waals surface area contributed by atoms with E-state index in [1.165, 1.54) is 0 Å². The Balaban J connectivity index is 1.74. The van der Waals surface area contributed by atoms with Crippen molar-refractivity contribution in [3.8, 4) is 0 Å². The predicted octanol–water partition coefficient (Wildman–Crippen LogP) is 0.316. The average molecular weight is 225 g/mol. The molecule has 1 aliphatic heterocycles. The molecule has 16 heavy (non-hydrogen) atoms. The third-order valence-electron chi connectivity index (χ3n) is 3.10. The average Bonchev–Trinajstić information content (AvgIpc) is 2.99. The fraction of sp³-hybridized carbons (Fsp3) is 0.818. The van der Waals surface area contributed by atoms with Crippen LogP contribution in [0.1, 0.15) is 26.2 Å². The van der Waals surface area contributed by atoms with E-state index in [1.807, 2.05) is 11.8 Å². The Labute approximate surface area is 95.6 Å². The molecule has 5 nitrogen and oxygen atoms in total. The minimum absolute atomic E-state index is 0.120. The van der Waals surface area contributed by atoms with Crippen LogP contribution in [0.3, 0.4) is 0 Å². The first kappa shape index (κ1) is 11.2. The van der Waals surface area contributed by atoms with Crippen LogP contribution in [-0.4, -0.2) is 42.5 Å². The molecule has 2 aliphatic rings. The molecule has 0 aromatic carbocycles. The number of carbonyl (C=O) groups is 2. The van der Waals surface area contributed by atoms with Gasteiger partial charge < -0.3 is 15.5 Å². The molecule has 2 fully saturated rings. The van der Waals surface area contributed by atoms with Crippen LogP contribution in [0.15, 0.2) is 0 Å². The molecule has 0 aromatic heterocycles. The molecule has 2 N–H and O–H groups in total. The minimum atomic E-state index is -0.131. The van der Waals surface area contributed by atoms with Gasteiger partial charge in [0.05, 0.1) is 0 Å². The number of amides is 3. The van der Waals surface area contributed by atoms with E-state index >= 15 is 0 Å². The van der Waals surface area contributed by atoms with Crippen LogP contribution in [0, 0.1) is 5.92 Å². The van der Waals surface area contributed by atoms with Crippen LogP contribution in [0.4, 0.5) is 4.79 Å². The number of rotatable bonds is 3. The molecule has 0 spiro atoms. The summed E-state index contributed by atoms with van der Waals surface area (Å²) in [4.78, 5) is 24.9. The summed E-state index contributed by atoms with van der Waals surface area (Å²) in [5, 5.41) is 5.58. The molecule has 0 aromatic rings. The van der Waals surface area contributed by atoms with Gasteiger partial charge in [0, 0.05) is 31.6 Å². The minimum Gasteiger partial charge on any atom is -0.340 e. The largest absolute Gasteiger partial charge is 0.340 e. The fourth-order valence-corrected chi connectivity index (χ4v) is 2.06. The Morgan fingerprint density at radius 1 is 1.31 bits per heavy atom. The SMILES string of the molecule is CCNC(=O)N[C@H]1CCN(C(=O)C2CC2)C1. The molecular weight excluding hydrogens is 206 g/mol. The number of nitrogens with zero attached hydrogens (tertiary/aromatic N) is 1. The Morgan fingerprint density at radius 3 is 2.69 bits per heavy atom. The van der Waals surface area contributed by atoms with Gasteiger partial charge in [-0.15, -0.1) is 0 Å². The van der Waals surface area contributed by atoms with E-state index in [2.05, 4.69) is 10.6 Å². The standard InChI is InChI=1S/C11H19N3O2/c1-2-12-11(16)13-9-5-6-14(7-9)10(15)8-3-4-8/h8-9H,2-7H2,1H3,(H2,12,13,16)/t9-/m0/s1. The third kappa shape index (κ3) is 2.65. The highest BCUT2D eigenvalue weighted by Gasteiger charge is 2.36. The van der Waals surface area contributed by atoms with E-state index in [4.69, 9.17) is 0 Å². The summed E-state index contributed by atoms with van der Waals surface area (Å²) in [6, 6.07) is -0.0116. The molecule has 1 saturated heterocycles. The van der Waals surface area contributed by atoms with E-state index in [1.54, 1.807) is 0 Å². The molecule has 1 saturated carbocycles. The molecular formula is C11H19N3O2. The van der Waals surface area contributed by atoms with Crippen molar-refractivity contribution in [3.63, 3.8) is 0 Å². The lowest BCUT2D eigenvalue weighted by molar-refractivity contribution is -0.131. The number of hydrogen-bond acceptors (Lipinski definition) is 2. The second-order valence-electron chi connectivity index (χ2n) is 4.55. The lowest BCUT2D eigenvalue weighted by atomic mass is 10.3. The lowest BCUT2D eigenvalue weighted by Gasteiger charge is -2.16. The van der Waals surface area contributed by atoms with E-state index in [0.29, 0.717) is 13.1 Å². The Kier molecular flexibility index (Phi) is 3.31. The Hall–Kier alpha value is -1.26. The lowest BCUT2D eigenvalue weighted by Crippen LogP contribution is -2.43. The zero-order chi connectivity index (χ0) is 11.5. The van der Waals surface area contributed by atoms with Gasteiger partial charge in [0.15, 0.2) is 0 Å². The van der Waals surface area contributed by atoms with E-state index in [9.17, 15) is 9.59 Å². The zero-order valence-corrected chi connectivity index (χ0v) is 9.66. The molecule has 0 radical (unpaired) electrons. The van der Waals surface area contributed by atoms with Crippen molar-refractivity contribution in [2.45, 2.75) is 32.2 Å². The number of hydrogen-bond donors (Lipinski definition) is 2. The molecule has 90 valence electrons. The van der Waals surface area contributed by atoms with Crippen molar-refractivity contribution in [1.82, 2.24) is 15.5 Å². The summed E-state index contributed by atoms with van der Waals surface area (Å²) in [6.07, 6.45) is 2.96. The van der Waals surface area contributed by atoms with Gasteiger partial charge in [-0.2, -0.15) is 0 Å². The van der Waals surface area contributed by atoms with Gasteiger partial charge in [0.25, 0.3) is 0 Å². The molecule has 0 unspecified atom stereocenters. The number of carbonyl (C=O) groups excluding carboxylic acids is 2. The summed E-state index contributed by atoms with van der Waals surface area (Å²) in [6.45, 7) is 3.97. The second-order valence-corrected chi connectivity index (χ2v) is 4.55. The Morgan fingerprint density at radius 2 is 2.06 bits per heavy atom. The molecule has 1 aliphatic carbocycles. The highest BCUT2D eigenvalue weighted by Crippen LogP contribution is 2.32. The maximum Gasteiger partial charge on any atom is 0.315 e. The first-order chi connectivity index (χ1) is 7.70. The van der Waals surface area contributed by atoms with Gasteiger partial charge >= 0.3 is 6.03 Å². The molecule has 2 rings (SSSR count). The molecule has 5 heteroatoms. The van der Waals surface area contributed by atoms with Crippen molar-refractivity contribution in [2.24, 2.45) is 5.92 Å². The first-order valence-corrected chi connectivity index (χ1v) is 6.04. The normalized spacial score (nSPS) is 24.3. The van der Waals surface area contributed by atoms with E-state index in [0.717, 1.165) is 25.8 Å². The zero-order valence-electron chi connectivity index (χ0n) is 9.66. The van der Waals surface area contributed by atoms with E-state index in [-0.39, 0.29) is 23.9 Å². The summed E-state index contributed by atoms with van der Waals surface area (Å²) in [7, 11) is 0. The van der Waals surface area contributed by atoms with Gasteiger partial charge in [-0.25, -0.2) is 4.79 Å². The van der Waals surface area contributed by atoms with E-state index < -0.39 is 0 Å². The van der Waals surface area contributed by atoms with Crippen LogP contribution in [0.2, 0.25) is 0 Å². The van der Waals surface area contributed by atoms with Crippen molar-refractivity contribution >= 4 is 11.9 Å². The van der Waals surface area contributed by atoms with Crippen molar-refractivity contribution in [1.29, 1.82) is 0 Å². The maximum atomic E-state index is 11.8. The van der Waals surface area contributed by atoms with Crippen LogP contribution in [-0.2, 0) is 4.79 Å². The molecule has 0 bridgehead atoms. The quantitative estimate of drug-likeness (QED) is 0.726. The van der Waals surface area contributed by atoms with Gasteiger partial charge in [0.1, 0.15) is 0 Å². The van der Waals surface area contributed by atoms with Crippen molar-refractivity contribution < 1.29 is 9.59 Å². The summed E-state index contributed by atoms with van der Waals surface area (Å²) in [5.41, 5.74) is 0. The van der Waals surface area contributed by atoms with Gasteiger partial charge in [-0.05, 0) is 26.2 Å². The van der Waals surface area contributed by atoms with Gasteiger partial charge in [-0.1, -0.05) is 0 Å². The smallest absolute Gasteiger partial charge is 0.315 e. The van der Waals surface area contributed by atoms with Crippen molar-refractivity contribution in [2.75, 3.05) is 19.6 Å². The Bertz CT molecular complexity index is 289. The highest BCUT2D eigenvalue weighted by molar-refractivity contribution is 5.81. The number of likely N-dealkylation sites (tertiary alicyclic amines) is 1. The topological polar surface area (TPSA) is 61.4 Å². The van der Waals surface area contributed by atoms with Crippen LogP contribution >= 0.6 is 0 Å². The van der Waals surface area contributed by atoms with Crippen molar-refractivity contribution in [3.05, 3.63) is 0 Å². The van der Waals surface area contributed by atoms with Crippen LogP contribution < -0.4 is 10.6 Å². The monoisotopic (exact) mass is 225 g/mol. The molecule has 1 atom stereocenters. The van der Waals surface area contributed by atoms with Crippen LogP contribution in [0.5, 0.6) is 0 Å². The molecule has 3 amide bonds. The summed E-state index contributed by atoms with van der Waals surface area (Å²) < 4.78 is 0. The highest BCUT2D eigenvalue weighted by atomic mass is 16.2. The van der Waals surface area contributed by atoms with Gasteiger partial charge in [-0.3, -0.25) is 4.79 Å². The second kappa shape index (κ2) is 4.72. The fourth-order valence-electron chi connectivity index (χ4n) is 2.06. The molecule has 1 heterocycles. The maximum absolute atomic E-state index is 11.8. The first-order valence-electron chi connectivity index (χ1n) is 6.04. The third-order valence-corrected chi connectivity index (χ3v) is 3.10. The van der Waals surface area contributed by atoms with Gasteiger partial charge in [0.2, 0.25) is 5.91 Å².